The van der Waals surface area contributed by atoms with E-state index in [1.807, 2.05) is 6.92 Å². The molecule has 0 aliphatic heterocycles. The number of carbonyl (C=O) groups is 1. The fraction of sp³-hybridized carbons (Fsp3) is 0.200. The maximum atomic E-state index is 12.0. The van der Waals surface area contributed by atoms with Crippen LogP contribution in [-0.4, -0.2) is 10.9 Å². The number of aromatic nitrogens is 1. The molecule has 0 fully saturated rings. The average Bonchev–Trinajstić information content (AvgIpc) is 2.95. The van der Waals surface area contributed by atoms with Crippen molar-refractivity contribution in [2.24, 2.45) is 0 Å². The van der Waals surface area contributed by atoms with Crippen LogP contribution in [0.2, 0.25) is 0 Å². The predicted molar refractivity (Wildman–Crippen MR) is 80.5 cm³/mol. The van der Waals surface area contributed by atoms with Crippen molar-refractivity contribution in [1.82, 2.24) is 4.98 Å². The highest BCUT2D eigenvalue weighted by atomic mass is 32.1. The van der Waals surface area contributed by atoms with Gasteiger partial charge in [0.2, 0.25) is 0 Å². The van der Waals surface area contributed by atoms with Crippen molar-refractivity contribution in [3.8, 4) is 0 Å². The van der Waals surface area contributed by atoms with Crippen LogP contribution in [0.15, 0.2) is 28.7 Å². The molecule has 1 amide bonds. The lowest BCUT2D eigenvalue weighted by Crippen LogP contribution is -2.10. The SMILES string of the molecule is Cc1cc(C)c2nc(NC(=O)c3ccc(C)o3)sc2c1. The smallest absolute Gasteiger partial charge is 0.293 e. The van der Waals surface area contributed by atoms with Gasteiger partial charge in [-0.3, -0.25) is 10.1 Å². The molecule has 0 saturated carbocycles. The Kier molecular flexibility index (Phi) is 3.06. The van der Waals surface area contributed by atoms with Crippen LogP contribution in [0.5, 0.6) is 0 Å². The third-order valence-corrected chi connectivity index (χ3v) is 3.93. The molecule has 0 spiro atoms. The maximum Gasteiger partial charge on any atom is 0.293 e. The van der Waals surface area contributed by atoms with Crippen LogP contribution in [0.4, 0.5) is 5.13 Å². The van der Waals surface area contributed by atoms with Gasteiger partial charge in [-0.15, -0.1) is 0 Å². The Morgan fingerprint density at radius 1 is 1.25 bits per heavy atom. The van der Waals surface area contributed by atoms with Crippen LogP contribution in [0.25, 0.3) is 10.2 Å². The van der Waals surface area contributed by atoms with Crippen molar-refractivity contribution in [2.75, 3.05) is 5.32 Å². The minimum absolute atomic E-state index is 0.272. The summed E-state index contributed by atoms with van der Waals surface area (Å²) in [5.74, 6) is 0.743. The second-order valence-electron chi connectivity index (χ2n) is 4.81. The molecule has 3 rings (SSSR count). The van der Waals surface area contributed by atoms with Gasteiger partial charge < -0.3 is 4.42 Å². The van der Waals surface area contributed by atoms with Gasteiger partial charge in [-0.25, -0.2) is 4.98 Å². The summed E-state index contributed by atoms with van der Waals surface area (Å²) < 4.78 is 6.38. The second-order valence-corrected chi connectivity index (χ2v) is 5.84. The van der Waals surface area contributed by atoms with Crippen LogP contribution >= 0.6 is 11.3 Å². The van der Waals surface area contributed by atoms with E-state index in [0.29, 0.717) is 16.7 Å². The van der Waals surface area contributed by atoms with Gasteiger partial charge in [0.1, 0.15) is 5.76 Å². The Labute approximate surface area is 120 Å². The molecular weight excluding hydrogens is 272 g/mol. The molecule has 0 bridgehead atoms. The minimum Gasteiger partial charge on any atom is -0.456 e. The summed E-state index contributed by atoms with van der Waals surface area (Å²) in [5.41, 5.74) is 3.25. The maximum absolute atomic E-state index is 12.0. The van der Waals surface area contributed by atoms with E-state index >= 15 is 0 Å². The fourth-order valence-corrected chi connectivity index (χ4v) is 3.18. The van der Waals surface area contributed by atoms with Crippen molar-refractivity contribution in [1.29, 1.82) is 0 Å². The Bertz CT molecular complexity index is 801. The number of rotatable bonds is 2. The normalized spacial score (nSPS) is 10.9. The summed E-state index contributed by atoms with van der Waals surface area (Å²) in [5, 5.41) is 3.37. The number of furan rings is 1. The van der Waals surface area contributed by atoms with Crippen molar-refractivity contribution in [3.05, 3.63) is 46.9 Å². The Balaban J connectivity index is 1.91. The number of fused-ring (bicyclic) bond motifs is 1. The Morgan fingerprint density at radius 2 is 2.05 bits per heavy atom. The molecule has 0 saturated heterocycles. The Hall–Kier alpha value is -2.14. The fourth-order valence-electron chi connectivity index (χ4n) is 2.14. The number of aryl methyl sites for hydroxylation is 3. The summed E-state index contributed by atoms with van der Waals surface area (Å²) in [7, 11) is 0. The van der Waals surface area contributed by atoms with E-state index in [0.717, 1.165) is 15.8 Å². The van der Waals surface area contributed by atoms with Crippen LogP contribution < -0.4 is 5.32 Å². The third kappa shape index (κ3) is 2.32. The molecule has 1 aromatic carbocycles. The second kappa shape index (κ2) is 4.76. The molecule has 20 heavy (non-hydrogen) atoms. The van der Waals surface area contributed by atoms with Crippen molar-refractivity contribution < 1.29 is 9.21 Å². The molecule has 0 radical (unpaired) electrons. The van der Waals surface area contributed by atoms with E-state index in [1.54, 1.807) is 19.1 Å². The highest BCUT2D eigenvalue weighted by Crippen LogP contribution is 2.29. The van der Waals surface area contributed by atoms with Gasteiger partial charge in [-0.1, -0.05) is 17.4 Å². The van der Waals surface area contributed by atoms with E-state index in [-0.39, 0.29) is 5.91 Å². The first-order chi connectivity index (χ1) is 9.52. The van der Waals surface area contributed by atoms with E-state index in [1.165, 1.54) is 16.9 Å². The number of thiazole rings is 1. The number of nitrogens with one attached hydrogen (secondary N) is 1. The zero-order valence-corrected chi connectivity index (χ0v) is 12.3. The summed E-state index contributed by atoms with van der Waals surface area (Å²) in [6, 6.07) is 7.59. The van der Waals surface area contributed by atoms with Crippen molar-refractivity contribution in [3.63, 3.8) is 0 Å². The van der Waals surface area contributed by atoms with Gasteiger partial charge in [-0.05, 0) is 50.1 Å². The summed E-state index contributed by atoms with van der Waals surface area (Å²) in [4.78, 5) is 16.5. The van der Waals surface area contributed by atoms with E-state index in [4.69, 9.17) is 4.42 Å². The monoisotopic (exact) mass is 286 g/mol. The molecule has 0 aliphatic rings. The van der Waals surface area contributed by atoms with Gasteiger partial charge in [0.05, 0.1) is 10.2 Å². The zero-order valence-electron chi connectivity index (χ0n) is 11.5. The van der Waals surface area contributed by atoms with E-state index < -0.39 is 0 Å². The molecule has 0 aliphatic carbocycles. The molecule has 0 atom stereocenters. The van der Waals surface area contributed by atoms with Gasteiger partial charge in [0.25, 0.3) is 5.91 Å². The molecule has 0 unspecified atom stereocenters. The molecular formula is C15H14N2O2S. The number of amides is 1. The predicted octanol–water partition coefficient (Wildman–Crippen LogP) is 4.07. The van der Waals surface area contributed by atoms with E-state index in [2.05, 4.69) is 29.4 Å². The topological polar surface area (TPSA) is 55.1 Å². The summed E-state index contributed by atoms with van der Waals surface area (Å²) in [6.07, 6.45) is 0. The van der Waals surface area contributed by atoms with Crippen LogP contribution in [0.3, 0.4) is 0 Å². The highest BCUT2D eigenvalue weighted by molar-refractivity contribution is 7.22. The lowest BCUT2D eigenvalue weighted by atomic mass is 10.1. The molecule has 1 N–H and O–H groups in total. The Morgan fingerprint density at radius 3 is 2.75 bits per heavy atom. The first-order valence-electron chi connectivity index (χ1n) is 6.28. The standard InChI is InChI=1S/C15H14N2O2S/c1-8-6-9(2)13-12(7-8)20-15(16-13)17-14(18)11-5-4-10(3)19-11/h4-7H,1-3H3,(H,16,17,18). The number of hydrogen-bond donors (Lipinski definition) is 1. The highest BCUT2D eigenvalue weighted by Gasteiger charge is 2.13. The molecule has 2 aromatic heterocycles. The summed E-state index contributed by atoms with van der Waals surface area (Å²) >= 11 is 1.47. The number of nitrogens with zero attached hydrogens (tertiary/aromatic N) is 1. The first kappa shape index (κ1) is 12.9. The van der Waals surface area contributed by atoms with Crippen LogP contribution in [-0.2, 0) is 0 Å². The van der Waals surface area contributed by atoms with E-state index in [9.17, 15) is 4.79 Å². The van der Waals surface area contributed by atoms with Crippen LogP contribution in [0.1, 0.15) is 27.4 Å². The van der Waals surface area contributed by atoms with Crippen molar-refractivity contribution >= 4 is 32.6 Å². The molecule has 4 nitrogen and oxygen atoms in total. The van der Waals surface area contributed by atoms with Gasteiger partial charge in [0.15, 0.2) is 10.9 Å². The van der Waals surface area contributed by atoms with Crippen LogP contribution in [0, 0.1) is 20.8 Å². The third-order valence-electron chi connectivity index (χ3n) is 3.01. The minimum atomic E-state index is -0.272. The van der Waals surface area contributed by atoms with Gasteiger partial charge in [-0.2, -0.15) is 0 Å². The molecule has 102 valence electrons. The molecule has 5 heteroatoms. The lowest BCUT2D eigenvalue weighted by molar-refractivity contribution is 0.0995. The number of benzene rings is 1. The zero-order chi connectivity index (χ0) is 14.3. The number of carbonyl (C=O) groups excluding carboxylic acids is 1. The quantitative estimate of drug-likeness (QED) is 0.772. The van der Waals surface area contributed by atoms with Crippen molar-refractivity contribution in [2.45, 2.75) is 20.8 Å². The molecule has 2 heterocycles. The first-order valence-corrected chi connectivity index (χ1v) is 7.10. The summed E-state index contributed by atoms with van der Waals surface area (Å²) in [6.45, 7) is 5.88. The lowest BCUT2D eigenvalue weighted by Gasteiger charge is -1.97. The van der Waals surface area contributed by atoms with Gasteiger partial charge in [0, 0.05) is 0 Å². The molecule has 3 aromatic rings. The largest absolute Gasteiger partial charge is 0.456 e. The van der Waals surface area contributed by atoms with Gasteiger partial charge >= 0.3 is 0 Å². The number of anilines is 1. The average molecular weight is 286 g/mol. The number of hydrogen-bond acceptors (Lipinski definition) is 4.